The van der Waals surface area contributed by atoms with Gasteiger partial charge in [-0.3, -0.25) is 0 Å². The lowest BCUT2D eigenvalue weighted by Gasteiger charge is -2.05. The van der Waals surface area contributed by atoms with Crippen molar-refractivity contribution in [3.8, 4) is 0 Å². The van der Waals surface area contributed by atoms with Gasteiger partial charge in [0.15, 0.2) is 0 Å². The molecule has 8 heteroatoms. The second-order valence-electron chi connectivity index (χ2n) is 7.96. The van der Waals surface area contributed by atoms with E-state index >= 15 is 0 Å². The highest BCUT2D eigenvalue weighted by Crippen LogP contribution is 2.41. The van der Waals surface area contributed by atoms with Gasteiger partial charge in [-0.25, -0.2) is 13.3 Å². The molecule has 0 spiro atoms. The summed E-state index contributed by atoms with van der Waals surface area (Å²) in [6, 6.07) is 0. The number of phosphoric acid groups is 1. The SMILES string of the molecule is C=C(C)C(=O)OCCCCCCCCCCCCCCCCCCSOP(=O)(O)O. The fraction of sp³-hybridized carbons (Fsp3) is 0.864. The predicted molar refractivity (Wildman–Crippen MR) is 125 cm³/mol. The first-order chi connectivity index (χ1) is 14.3. The van der Waals surface area contributed by atoms with Crippen LogP contribution in [-0.2, 0) is 18.1 Å². The van der Waals surface area contributed by atoms with Crippen LogP contribution in [0.25, 0.3) is 0 Å². The minimum atomic E-state index is -4.32. The van der Waals surface area contributed by atoms with Crippen molar-refractivity contribution in [2.45, 2.75) is 110 Å². The summed E-state index contributed by atoms with van der Waals surface area (Å²) in [5.74, 6) is 0.356. The maximum atomic E-state index is 11.2. The monoisotopic (exact) mass is 466 g/mol. The van der Waals surface area contributed by atoms with E-state index in [1.54, 1.807) is 6.92 Å². The van der Waals surface area contributed by atoms with E-state index in [0.717, 1.165) is 37.7 Å². The topological polar surface area (TPSA) is 93.1 Å². The zero-order valence-corrected chi connectivity index (χ0v) is 20.5. The molecule has 0 aliphatic carbocycles. The van der Waals surface area contributed by atoms with Gasteiger partial charge in [0.2, 0.25) is 0 Å². The third-order valence-electron chi connectivity index (χ3n) is 4.85. The van der Waals surface area contributed by atoms with Crippen LogP contribution in [0.4, 0.5) is 0 Å². The molecule has 0 aliphatic rings. The molecule has 2 N–H and O–H groups in total. The average Bonchev–Trinajstić information content (AvgIpc) is 2.68. The van der Waals surface area contributed by atoms with Crippen molar-refractivity contribution in [2.75, 3.05) is 12.4 Å². The van der Waals surface area contributed by atoms with Gasteiger partial charge in [0.05, 0.1) is 6.61 Å². The number of esters is 1. The Hall–Kier alpha value is -0.330. The molecule has 0 aromatic carbocycles. The van der Waals surface area contributed by atoms with Crippen molar-refractivity contribution >= 4 is 25.8 Å². The number of carbonyl (C=O) groups excluding carboxylic acids is 1. The molecule has 30 heavy (non-hydrogen) atoms. The van der Waals surface area contributed by atoms with E-state index in [4.69, 9.17) is 14.5 Å². The molecule has 0 rings (SSSR count). The predicted octanol–water partition coefficient (Wildman–Crippen LogP) is 7.10. The van der Waals surface area contributed by atoms with Crippen LogP contribution in [0.15, 0.2) is 12.2 Å². The zero-order valence-electron chi connectivity index (χ0n) is 18.8. The summed E-state index contributed by atoms with van der Waals surface area (Å²) in [6.07, 6.45) is 19.6. The fourth-order valence-corrected chi connectivity index (χ4v) is 4.30. The molecule has 0 radical (unpaired) electrons. The highest BCUT2D eigenvalue weighted by molar-refractivity contribution is 7.97. The lowest BCUT2D eigenvalue weighted by Crippen LogP contribution is -2.05. The summed E-state index contributed by atoms with van der Waals surface area (Å²) in [5.41, 5.74) is 0.469. The first-order valence-corrected chi connectivity index (χ1v) is 14.0. The molecule has 0 saturated heterocycles. The van der Waals surface area contributed by atoms with E-state index in [-0.39, 0.29) is 5.97 Å². The summed E-state index contributed by atoms with van der Waals surface area (Å²) in [6.45, 7) is 5.75. The number of hydrogen-bond acceptors (Lipinski definition) is 5. The molecular formula is C22H43O6PS. The second-order valence-corrected chi connectivity index (χ2v) is 10.2. The Morgan fingerprint density at radius 1 is 0.767 bits per heavy atom. The van der Waals surface area contributed by atoms with Gasteiger partial charge in [0, 0.05) is 23.4 Å². The minimum absolute atomic E-state index is 0.279. The standard InChI is InChI=1S/C22H43O6PS/c1-21(2)22(23)27-19-17-15-13-11-9-7-5-3-4-6-8-10-12-14-16-18-20-30-28-29(24,25)26/h1,3-20H2,2H3,(H2,24,25,26). The van der Waals surface area contributed by atoms with E-state index in [0.29, 0.717) is 17.9 Å². The van der Waals surface area contributed by atoms with Crippen LogP contribution in [-0.4, -0.2) is 28.1 Å². The fourth-order valence-electron chi connectivity index (χ4n) is 3.13. The Balaban J connectivity index is 3.11. The van der Waals surface area contributed by atoms with Crippen LogP contribution in [0, 0.1) is 0 Å². The van der Waals surface area contributed by atoms with E-state index in [9.17, 15) is 9.36 Å². The second kappa shape index (κ2) is 20.6. The normalized spacial score (nSPS) is 11.6. The Labute approximate surface area is 188 Å². The summed E-state index contributed by atoms with van der Waals surface area (Å²) in [4.78, 5) is 28.3. The first kappa shape index (κ1) is 29.7. The van der Waals surface area contributed by atoms with Gasteiger partial charge in [-0.05, 0) is 19.8 Å². The largest absolute Gasteiger partial charge is 0.480 e. The Bertz CT molecular complexity index is 480. The molecular weight excluding hydrogens is 423 g/mol. The van der Waals surface area contributed by atoms with Crippen LogP contribution < -0.4 is 0 Å². The number of carbonyl (C=O) groups is 1. The molecule has 6 nitrogen and oxygen atoms in total. The maximum absolute atomic E-state index is 11.2. The van der Waals surface area contributed by atoms with Crippen LogP contribution in [0.5, 0.6) is 0 Å². The van der Waals surface area contributed by atoms with Gasteiger partial charge >= 0.3 is 13.8 Å². The van der Waals surface area contributed by atoms with Crippen LogP contribution >= 0.6 is 19.9 Å². The Kier molecular flexibility index (Phi) is 20.3. The van der Waals surface area contributed by atoms with Gasteiger partial charge < -0.3 is 14.5 Å². The van der Waals surface area contributed by atoms with Crippen LogP contribution in [0.1, 0.15) is 110 Å². The third-order valence-corrected chi connectivity index (χ3v) is 6.51. The summed E-state index contributed by atoms with van der Waals surface area (Å²) >= 11 is 0.868. The number of rotatable bonds is 22. The Morgan fingerprint density at radius 2 is 1.13 bits per heavy atom. The smallest absolute Gasteiger partial charge is 0.462 e. The highest BCUT2D eigenvalue weighted by Gasteiger charge is 2.13. The molecule has 0 unspecified atom stereocenters. The average molecular weight is 467 g/mol. The number of ether oxygens (including phenoxy) is 1. The van der Waals surface area contributed by atoms with Crippen molar-refractivity contribution in [1.29, 1.82) is 0 Å². The van der Waals surface area contributed by atoms with E-state index in [1.807, 2.05) is 0 Å². The Morgan fingerprint density at radius 3 is 1.50 bits per heavy atom. The molecule has 0 saturated carbocycles. The minimum Gasteiger partial charge on any atom is -0.462 e. The molecule has 0 aromatic heterocycles. The molecule has 0 heterocycles. The van der Waals surface area contributed by atoms with E-state index in [1.165, 1.54) is 77.0 Å². The number of unbranched alkanes of at least 4 members (excludes halogenated alkanes) is 15. The van der Waals surface area contributed by atoms with Crippen molar-refractivity contribution < 1.29 is 27.9 Å². The van der Waals surface area contributed by atoms with Crippen molar-refractivity contribution in [2.24, 2.45) is 0 Å². The quantitative estimate of drug-likeness (QED) is 0.0577. The van der Waals surface area contributed by atoms with Crippen LogP contribution in [0.2, 0.25) is 0 Å². The first-order valence-electron chi connectivity index (χ1n) is 11.5. The van der Waals surface area contributed by atoms with Crippen LogP contribution in [0.3, 0.4) is 0 Å². The molecule has 0 bridgehead atoms. The maximum Gasteiger partial charge on any atom is 0.480 e. The lowest BCUT2D eigenvalue weighted by atomic mass is 10.0. The van der Waals surface area contributed by atoms with E-state index < -0.39 is 7.82 Å². The molecule has 0 amide bonds. The molecule has 0 atom stereocenters. The van der Waals surface area contributed by atoms with Crippen molar-refractivity contribution in [1.82, 2.24) is 0 Å². The molecule has 0 aromatic rings. The molecule has 0 fully saturated rings. The lowest BCUT2D eigenvalue weighted by molar-refractivity contribution is -0.139. The summed E-state index contributed by atoms with van der Waals surface area (Å²) in [5, 5.41) is 0. The third kappa shape index (κ3) is 23.9. The van der Waals surface area contributed by atoms with Gasteiger partial charge in [0.25, 0.3) is 0 Å². The van der Waals surface area contributed by atoms with Gasteiger partial charge in [-0.15, -0.1) is 0 Å². The van der Waals surface area contributed by atoms with Gasteiger partial charge in [-0.2, -0.15) is 0 Å². The van der Waals surface area contributed by atoms with Gasteiger partial charge in [0.1, 0.15) is 0 Å². The van der Waals surface area contributed by atoms with E-state index in [2.05, 4.69) is 10.5 Å². The van der Waals surface area contributed by atoms with Gasteiger partial charge in [-0.1, -0.05) is 96.5 Å². The molecule has 178 valence electrons. The number of hydrogen-bond donors (Lipinski definition) is 2. The van der Waals surface area contributed by atoms with Crippen molar-refractivity contribution in [3.05, 3.63) is 12.2 Å². The molecule has 0 aliphatic heterocycles. The van der Waals surface area contributed by atoms with Crippen molar-refractivity contribution in [3.63, 3.8) is 0 Å². The zero-order chi connectivity index (χ0) is 22.5. The summed E-state index contributed by atoms with van der Waals surface area (Å²) in [7, 11) is -4.32. The highest BCUT2D eigenvalue weighted by atomic mass is 32.2. The summed E-state index contributed by atoms with van der Waals surface area (Å²) < 4.78 is 19.9.